The highest BCUT2D eigenvalue weighted by Crippen LogP contribution is 2.44. The Morgan fingerprint density at radius 3 is 1.54 bits per heavy atom. The Morgan fingerprint density at radius 1 is 0.646 bits per heavy atom. The van der Waals surface area contributed by atoms with E-state index in [1.807, 2.05) is 42.2 Å². The van der Waals surface area contributed by atoms with Crippen LogP contribution in [-0.4, -0.2) is 65.5 Å². The summed E-state index contributed by atoms with van der Waals surface area (Å²) in [5.74, 6) is 1.47. The number of thioether (sulfide) groups is 2. The van der Waals surface area contributed by atoms with E-state index in [1.165, 1.54) is 50.2 Å². The first-order chi connectivity index (χ1) is 30.7. The molecule has 2 N–H and O–H groups in total. The first-order valence-electron chi connectivity index (χ1n) is 22.1. The summed E-state index contributed by atoms with van der Waals surface area (Å²) in [6, 6.07) is 10.5. The fourth-order valence-electron chi connectivity index (χ4n) is 8.57. The Hall–Kier alpha value is -4.51. The molecule has 0 bridgehead atoms. The number of carbonyl (C=O) groups is 2. The quantitative estimate of drug-likeness (QED) is 0.125. The number of benzene rings is 1. The number of amides is 2. The van der Waals surface area contributed by atoms with Crippen LogP contribution in [0.15, 0.2) is 64.9 Å². The maximum atomic E-state index is 13.6. The van der Waals surface area contributed by atoms with E-state index < -0.39 is 35.3 Å². The number of nitrogens with one attached hydrogen (secondary N) is 2. The molecule has 3 aromatic heterocycles. The Kier molecular flexibility index (Phi) is 17.3. The van der Waals surface area contributed by atoms with E-state index in [1.54, 1.807) is 36.5 Å². The molecule has 65 heavy (non-hydrogen) atoms. The van der Waals surface area contributed by atoms with Gasteiger partial charge in [0.2, 0.25) is 0 Å². The van der Waals surface area contributed by atoms with Crippen LogP contribution in [0.25, 0.3) is 0 Å². The summed E-state index contributed by atoms with van der Waals surface area (Å²) in [5, 5.41) is 6.23. The van der Waals surface area contributed by atoms with Crippen molar-refractivity contribution in [2.75, 3.05) is 59.1 Å². The lowest BCUT2D eigenvalue weighted by Gasteiger charge is -2.39. The van der Waals surface area contributed by atoms with Gasteiger partial charge in [0.1, 0.15) is 11.6 Å². The second-order valence-electron chi connectivity index (χ2n) is 17.5. The van der Waals surface area contributed by atoms with Gasteiger partial charge in [-0.25, -0.2) is 15.0 Å². The molecule has 4 aromatic rings. The Bertz CT molecular complexity index is 2260. The van der Waals surface area contributed by atoms with E-state index in [0.717, 1.165) is 48.9 Å². The molecular formula is C48H61F6N7O2S2. The number of rotatable bonds is 9. The standard InChI is InChI=1S/C24H30F3N3OS.C22H25F3N4OS.C2H6/c1-15-19(24(25,26)27)14-28-21(30-11-9-16(10-12-30)23(2,3)4)20(15)22(31)29-17-7-6-8-18(13-17)32-5;1-13-17(22(23,24)25)12-27-20(29-9-6-15(7-10-29)14-3-4-14)19(13)21(30)28-16-5-8-26-18(11-16)31-2;1-2/h6-8,13-14,16H,9-12H2,1-5H3,(H,29,31);5,8,11-12,14-15H,3-4,6-7,9-10H2,1-2H3,(H,26,28,30);1-2H3. The molecule has 1 aromatic carbocycles. The van der Waals surface area contributed by atoms with E-state index in [2.05, 4.69) is 46.4 Å². The van der Waals surface area contributed by atoms with Crippen LogP contribution < -0.4 is 20.4 Å². The lowest BCUT2D eigenvalue weighted by atomic mass is 9.75. The first kappa shape index (κ1) is 51.5. The third-order valence-corrected chi connectivity index (χ3v) is 13.7. The van der Waals surface area contributed by atoms with E-state index in [0.29, 0.717) is 66.1 Å². The topological polar surface area (TPSA) is 103 Å². The molecule has 354 valence electrons. The Labute approximate surface area is 387 Å². The zero-order valence-corrected chi connectivity index (χ0v) is 40.3. The van der Waals surface area contributed by atoms with Crippen molar-refractivity contribution in [2.24, 2.45) is 23.2 Å². The van der Waals surface area contributed by atoms with Gasteiger partial charge in [-0.15, -0.1) is 23.5 Å². The summed E-state index contributed by atoms with van der Waals surface area (Å²) in [6.07, 6.45) is 4.21. The van der Waals surface area contributed by atoms with Crippen molar-refractivity contribution >= 4 is 58.3 Å². The average Bonchev–Trinajstić information content (AvgIpc) is 4.12. The van der Waals surface area contributed by atoms with E-state index in [4.69, 9.17) is 0 Å². The number of halogens is 6. The van der Waals surface area contributed by atoms with Crippen LogP contribution in [0.4, 0.5) is 49.4 Å². The van der Waals surface area contributed by atoms with Crippen molar-refractivity contribution in [3.8, 4) is 0 Å². The largest absolute Gasteiger partial charge is 0.418 e. The number of aromatic nitrogens is 3. The van der Waals surface area contributed by atoms with Gasteiger partial charge in [0.15, 0.2) is 0 Å². The summed E-state index contributed by atoms with van der Waals surface area (Å²) in [5.41, 5.74) is -0.792. The molecule has 3 aliphatic rings. The zero-order chi connectivity index (χ0) is 47.9. The van der Waals surface area contributed by atoms with Crippen LogP contribution in [0.1, 0.15) is 116 Å². The maximum Gasteiger partial charge on any atom is 0.418 e. The van der Waals surface area contributed by atoms with Crippen LogP contribution in [-0.2, 0) is 12.4 Å². The van der Waals surface area contributed by atoms with Gasteiger partial charge in [-0.1, -0.05) is 40.7 Å². The van der Waals surface area contributed by atoms with E-state index in [9.17, 15) is 35.9 Å². The van der Waals surface area contributed by atoms with Gasteiger partial charge in [-0.05, 0) is 130 Å². The Morgan fingerprint density at radius 2 is 1.11 bits per heavy atom. The predicted molar refractivity (Wildman–Crippen MR) is 252 cm³/mol. The molecule has 0 spiro atoms. The zero-order valence-electron chi connectivity index (χ0n) is 38.6. The molecule has 2 saturated heterocycles. The molecule has 1 aliphatic carbocycles. The number of hydrogen-bond acceptors (Lipinski definition) is 9. The minimum absolute atomic E-state index is 0.0106. The second-order valence-corrected chi connectivity index (χ2v) is 19.2. The minimum Gasteiger partial charge on any atom is -0.356 e. The van der Waals surface area contributed by atoms with E-state index in [-0.39, 0.29) is 27.7 Å². The highest BCUT2D eigenvalue weighted by molar-refractivity contribution is 7.98. The normalized spacial score (nSPS) is 16.2. The molecular weight excluding hydrogens is 885 g/mol. The minimum atomic E-state index is -4.58. The van der Waals surface area contributed by atoms with Gasteiger partial charge < -0.3 is 20.4 Å². The SMILES string of the molecule is CC.CSc1cc(NC(=O)c2c(N3CCC(C4CC4)CC3)ncc(C(F)(F)F)c2C)ccn1.CSc1cccc(NC(=O)c2c(N3CCC(C(C)(C)C)CC3)ncc(C(F)(F)F)c2C)c1. The van der Waals surface area contributed by atoms with Crippen LogP contribution in [0.2, 0.25) is 0 Å². The molecule has 2 amide bonds. The van der Waals surface area contributed by atoms with Gasteiger partial charge >= 0.3 is 12.4 Å². The molecule has 7 rings (SSSR count). The monoisotopic (exact) mass is 945 g/mol. The number of hydrogen-bond donors (Lipinski definition) is 2. The van der Waals surface area contributed by atoms with Gasteiger partial charge in [-0.3, -0.25) is 9.59 Å². The number of alkyl halides is 6. The molecule has 17 heteroatoms. The molecule has 0 unspecified atom stereocenters. The highest BCUT2D eigenvalue weighted by atomic mass is 32.2. The van der Waals surface area contributed by atoms with Crippen LogP contribution in [0, 0.1) is 37.0 Å². The molecule has 5 heterocycles. The number of anilines is 4. The van der Waals surface area contributed by atoms with Crippen molar-refractivity contribution < 1.29 is 35.9 Å². The van der Waals surface area contributed by atoms with Crippen LogP contribution >= 0.6 is 23.5 Å². The molecule has 0 radical (unpaired) electrons. The summed E-state index contributed by atoms with van der Waals surface area (Å²) < 4.78 is 81.4. The van der Waals surface area contributed by atoms with Gasteiger partial charge in [0, 0.05) is 61.0 Å². The lowest BCUT2D eigenvalue weighted by molar-refractivity contribution is -0.139. The molecule has 0 atom stereocenters. The summed E-state index contributed by atoms with van der Waals surface area (Å²) in [6.45, 7) is 16.0. The fraction of sp³-hybridized carbons (Fsp3) is 0.521. The number of piperidine rings is 2. The summed E-state index contributed by atoms with van der Waals surface area (Å²) >= 11 is 2.94. The molecule has 1 saturated carbocycles. The molecule has 9 nitrogen and oxygen atoms in total. The molecule has 2 aliphatic heterocycles. The van der Waals surface area contributed by atoms with Crippen molar-refractivity contribution in [2.45, 2.75) is 109 Å². The maximum absolute atomic E-state index is 13.6. The van der Waals surface area contributed by atoms with Crippen LogP contribution in [0.5, 0.6) is 0 Å². The predicted octanol–water partition coefficient (Wildman–Crippen LogP) is 13.1. The van der Waals surface area contributed by atoms with Crippen molar-refractivity contribution in [1.29, 1.82) is 0 Å². The average molecular weight is 946 g/mol. The highest BCUT2D eigenvalue weighted by Gasteiger charge is 2.40. The lowest BCUT2D eigenvalue weighted by Crippen LogP contribution is -2.39. The second kappa shape index (κ2) is 21.9. The van der Waals surface area contributed by atoms with Crippen LogP contribution in [0.3, 0.4) is 0 Å². The van der Waals surface area contributed by atoms with Gasteiger partial charge in [0.05, 0.1) is 27.3 Å². The fourth-order valence-corrected chi connectivity index (χ4v) is 9.44. The number of nitrogens with zero attached hydrogens (tertiary/aromatic N) is 5. The number of pyridine rings is 3. The smallest absolute Gasteiger partial charge is 0.356 e. The Balaban J connectivity index is 0.000000235. The van der Waals surface area contributed by atoms with Crippen molar-refractivity contribution in [3.63, 3.8) is 0 Å². The third kappa shape index (κ3) is 13.1. The van der Waals surface area contributed by atoms with Gasteiger partial charge in [0.25, 0.3) is 11.8 Å². The van der Waals surface area contributed by atoms with E-state index >= 15 is 0 Å². The third-order valence-electron chi connectivity index (χ3n) is 12.4. The molecule has 3 fully saturated rings. The summed E-state index contributed by atoms with van der Waals surface area (Å²) in [7, 11) is 0. The number of carbonyl (C=O) groups excluding carboxylic acids is 2. The summed E-state index contributed by atoms with van der Waals surface area (Å²) in [4.78, 5) is 43.7. The van der Waals surface area contributed by atoms with Crippen molar-refractivity contribution in [3.05, 3.63) is 88.4 Å². The first-order valence-corrected chi connectivity index (χ1v) is 24.5. The van der Waals surface area contributed by atoms with Gasteiger partial charge in [-0.2, -0.15) is 26.3 Å². The van der Waals surface area contributed by atoms with Crippen molar-refractivity contribution in [1.82, 2.24) is 15.0 Å².